The van der Waals surface area contributed by atoms with E-state index in [4.69, 9.17) is 9.47 Å². The number of hydrogen-bond donors (Lipinski definition) is 2. The fourth-order valence-electron chi connectivity index (χ4n) is 2.91. The lowest BCUT2D eigenvalue weighted by Gasteiger charge is -2.13. The molecule has 0 heterocycles. The summed E-state index contributed by atoms with van der Waals surface area (Å²) in [5.74, 6) is 0.974. The van der Waals surface area contributed by atoms with Crippen molar-refractivity contribution in [3.05, 3.63) is 93.8 Å². The first-order valence-electron chi connectivity index (χ1n) is 9.78. The minimum atomic E-state index is -0.418. The highest BCUT2D eigenvalue weighted by Crippen LogP contribution is 2.29. The van der Waals surface area contributed by atoms with E-state index in [1.165, 1.54) is 24.3 Å². The number of nitrogens with one attached hydrogen (secondary N) is 2. The van der Waals surface area contributed by atoms with Gasteiger partial charge in [0.05, 0.1) is 12.0 Å². The van der Waals surface area contributed by atoms with Gasteiger partial charge in [-0.3, -0.25) is 10.1 Å². The lowest BCUT2D eigenvalue weighted by Crippen LogP contribution is -2.21. The maximum absolute atomic E-state index is 13.0. The predicted molar refractivity (Wildman–Crippen MR) is 117 cm³/mol. The average Bonchev–Trinajstić information content (AvgIpc) is 2.79. The lowest BCUT2D eigenvalue weighted by molar-refractivity contribution is -0.384. The molecule has 8 heteroatoms. The molecular weight excluding hydrogens is 401 g/mol. The van der Waals surface area contributed by atoms with E-state index >= 15 is 0 Å². The van der Waals surface area contributed by atoms with E-state index in [9.17, 15) is 14.5 Å². The van der Waals surface area contributed by atoms with Crippen molar-refractivity contribution < 1.29 is 18.8 Å². The SMILES string of the molecule is COc1cc(CNCCNc2ccc([N+](=O)[O-])cc2)ccc1OCc1ccc(F)cc1. The summed E-state index contributed by atoms with van der Waals surface area (Å²) in [6, 6.07) is 18.2. The van der Waals surface area contributed by atoms with Crippen LogP contribution < -0.4 is 20.1 Å². The molecular formula is C23H24FN3O4. The first-order chi connectivity index (χ1) is 15.0. The van der Waals surface area contributed by atoms with Crippen molar-refractivity contribution in [3.63, 3.8) is 0 Å². The van der Waals surface area contributed by atoms with Crippen LogP contribution in [0.3, 0.4) is 0 Å². The van der Waals surface area contributed by atoms with Gasteiger partial charge in [0.1, 0.15) is 12.4 Å². The second-order valence-electron chi connectivity index (χ2n) is 6.81. The van der Waals surface area contributed by atoms with E-state index in [0.29, 0.717) is 37.7 Å². The van der Waals surface area contributed by atoms with Crippen molar-refractivity contribution in [3.8, 4) is 11.5 Å². The highest BCUT2D eigenvalue weighted by molar-refractivity contribution is 5.48. The molecule has 3 aromatic carbocycles. The van der Waals surface area contributed by atoms with Crippen LogP contribution in [0.2, 0.25) is 0 Å². The largest absolute Gasteiger partial charge is 0.493 e. The smallest absolute Gasteiger partial charge is 0.269 e. The molecule has 3 rings (SSSR count). The van der Waals surface area contributed by atoms with Gasteiger partial charge >= 0.3 is 0 Å². The van der Waals surface area contributed by atoms with Crippen LogP contribution >= 0.6 is 0 Å². The summed E-state index contributed by atoms with van der Waals surface area (Å²) < 4.78 is 24.2. The molecule has 0 unspecified atom stereocenters. The van der Waals surface area contributed by atoms with E-state index in [-0.39, 0.29) is 11.5 Å². The van der Waals surface area contributed by atoms with E-state index in [2.05, 4.69) is 10.6 Å². The third-order valence-electron chi connectivity index (χ3n) is 4.57. The molecule has 3 aromatic rings. The zero-order valence-electron chi connectivity index (χ0n) is 17.1. The van der Waals surface area contributed by atoms with Gasteiger partial charge in [0.15, 0.2) is 11.5 Å². The number of rotatable bonds is 11. The van der Waals surface area contributed by atoms with Gasteiger partial charge in [-0.05, 0) is 47.5 Å². The Morgan fingerprint density at radius 1 is 0.935 bits per heavy atom. The van der Waals surface area contributed by atoms with Crippen LogP contribution in [0.25, 0.3) is 0 Å². The number of nitrogens with zero attached hydrogens (tertiary/aromatic N) is 1. The molecule has 0 aliphatic rings. The van der Waals surface area contributed by atoms with Gasteiger partial charge in [-0.2, -0.15) is 0 Å². The molecule has 7 nitrogen and oxygen atoms in total. The molecule has 0 saturated carbocycles. The van der Waals surface area contributed by atoms with E-state index < -0.39 is 4.92 Å². The molecule has 0 aliphatic heterocycles. The Kier molecular flexibility index (Phi) is 7.78. The van der Waals surface area contributed by atoms with Crippen molar-refractivity contribution in [2.75, 3.05) is 25.5 Å². The summed E-state index contributed by atoms with van der Waals surface area (Å²) in [5, 5.41) is 17.2. The number of ether oxygens (including phenoxy) is 2. The second-order valence-corrected chi connectivity index (χ2v) is 6.81. The first kappa shape index (κ1) is 22.0. The van der Waals surface area contributed by atoms with Crippen molar-refractivity contribution in [1.29, 1.82) is 0 Å². The summed E-state index contributed by atoms with van der Waals surface area (Å²) in [5.41, 5.74) is 2.82. The molecule has 162 valence electrons. The van der Waals surface area contributed by atoms with Crippen LogP contribution in [0.1, 0.15) is 11.1 Å². The highest BCUT2D eigenvalue weighted by Gasteiger charge is 2.07. The first-order valence-corrected chi connectivity index (χ1v) is 9.78. The number of hydrogen-bond acceptors (Lipinski definition) is 6. The van der Waals surface area contributed by atoms with Gasteiger partial charge < -0.3 is 20.1 Å². The Morgan fingerprint density at radius 2 is 1.65 bits per heavy atom. The molecule has 0 bridgehead atoms. The maximum atomic E-state index is 13.0. The Bertz CT molecular complexity index is 995. The number of nitro groups is 1. The number of nitro benzene ring substituents is 1. The number of benzene rings is 3. The van der Waals surface area contributed by atoms with E-state index in [0.717, 1.165) is 16.8 Å². The van der Waals surface area contributed by atoms with Gasteiger partial charge in [-0.1, -0.05) is 18.2 Å². The Hall–Kier alpha value is -3.65. The molecule has 0 fully saturated rings. The van der Waals surface area contributed by atoms with E-state index in [1.54, 1.807) is 31.4 Å². The second kappa shape index (κ2) is 10.9. The monoisotopic (exact) mass is 425 g/mol. The van der Waals surface area contributed by atoms with Crippen molar-refractivity contribution in [1.82, 2.24) is 5.32 Å². The standard InChI is InChI=1S/C23H24FN3O4/c1-30-23-14-18(4-11-22(23)31-16-17-2-5-19(24)6-3-17)15-25-12-13-26-20-7-9-21(10-8-20)27(28)29/h2-11,14,25-26H,12-13,15-16H2,1H3. The van der Waals surface area contributed by atoms with Crippen molar-refractivity contribution in [2.45, 2.75) is 13.2 Å². The molecule has 0 atom stereocenters. The summed E-state index contributed by atoms with van der Waals surface area (Å²) in [4.78, 5) is 10.3. The van der Waals surface area contributed by atoms with Crippen molar-refractivity contribution in [2.24, 2.45) is 0 Å². The number of non-ortho nitro benzene ring substituents is 1. The third kappa shape index (κ3) is 6.68. The minimum Gasteiger partial charge on any atom is -0.493 e. The molecule has 2 N–H and O–H groups in total. The number of methoxy groups -OCH3 is 1. The van der Waals surface area contributed by atoms with Crippen LogP contribution in [-0.2, 0) is 13.2 Å². The summed E-state index contributed by atoms with van der Waals surface area (Å²) in [7, 11) is 1.59. The molecule has 0 radical (unpaired) electrons. The lowest BCUT2D eigenvalue weighted by atomic mass is 10.2. The van der Waals surface area contributed by atoms with Crippen molar-refractivity contribution >= 4 is 11.4 Å². The van der Waals surface area contributed by atoms with Gasteiger partial charge in [0.25, 0.3) is 5.69 Å². The number of anilines is 1. The molecule has 0 amide bonds. The van der Waals surface area contributed by atoms with Crippen LogP contribution in [-0.4, -0.2) is 25.1 Å². The van der Waals surface area contributed by atoms with E-state index in [1.807, 2.05) is 18.2 Å². The van der Waals surface area contributed by atoms with Gasteiger partial charge in [-0.15, -0.1) is 0 Å². The van der Waals surface area contributed by atoms with Crippen LogP contribution in [0, 0.1) is 15.9 Å². The summed E-state index contributed by atoms with van der Waals surface area (Å²) in [6.45, 7) is 2.36. The Morgan fingerprint density at radius 3 is 2.32 bits per heavy atom. The Labute approximate surface area is 180 Å². The summed E-state index contributed by atoms with van der Waals surface area (Å²) >= 11 is 0. The van der Waals surface area contributed by atoms with Gasteiger partial charge in [-0.25, -0.2) is 4.39 Å². The average molecular weight is 425 g/mol. The third-order valence-corrected chi connectivity index (χ3v) is 4.57. The predicted octanol–water partition coefficient (Wildman–Crippen LogP) is 4.52. The normalized spacial score (nSPS) is 10.5. The molecule has 0 spiro atoms. The molecule has 31 heavy (non-hydrogen) atoms. The van der Waals surface area contributed by atoms with Crippen LogP contribution in [0.5, 0.6) is 11.5 Å². The van der Waals surface area contributed by atoms with Crippen LogP contribution in [0.15, 0.2) is 66.7 Å². The zero-order chi connectivity index (χ0) is 22.1. The fourth-order valence-corrected chi connectivity index (χ4v) is 2.91. The summed E-state index contributed by atoms with van der Waals surface area (Å²) in [6.07, 6.45) is 0. The molecule has 0 saturated heterocycles. The fraction of sp³-hybridized carbons (Fsp3) is 0.217. The maximum Gasteiger partial charge on any atom is 0.269 e. The molecule has 0 aromatic heterocycles. The quantitative estimate of drug-likeness (QED) is 0.267. The number of halogens is 1. The topological polar surface area (TPSA) is 85.7 Å². The van der Waals surface area contributed by atoms with Gasteiger partial charge in [0, 0.05) is 37.5 Å². The minimum absolute atomic E-state index is 0.0720. The highest BCUT2D eigenvalue weighted by atomic mass is 19.1. The van der Waals surface area contributed by atoms with Gasteiger partial charge in [0.2, 0.25) is 0 Å². The molecule has 0 aliphatic carbocycles. The zero-order valence-corrected chi connectivity index (χ0v) is 17.1. The van der Waals surface area contributed by atoms with Crippen LogP contribution in [0.4, 0.5) is 15.8 Å². The Balaban J connectivity index is 1.43.